The van der Waals surface area contributed by atoms with Crippen LogP contribution in [-0.4, -0.2) is 62.7 Å². The number of carbonyl (C=O) groups is 1. The number of aliphatic carboxylic acids is 1. The van der Waals surface area contributed by atoms with Gasteiger partial charge in [-0.25, -0.2) is 4.68 Å². The van der Waals surface area contributed by atoms with Crippen molar-refractivity contribution >= 4 is 5.97 Å². The van der Waals surface area contributed by atoms with Crippen LogP contribution in [0.5, 0.6) is 0 Å². The second-order valence-corrected chi connectivity index (χ2v) is 18.3. The SMILES string of the molecule is CC(C)[C@@H](C)[C@@]1(C)CC[C@]2(C)[C@H]3CC[C@@H]4[C@@]5(COC[C@@]4(C)[C@@H](OCC(C)(N)C(C)C)[C@H](n4cnnn4)C5)C3=CC[C@@]2(C)[C@@H]1C(=O)O. The van der Waals surface area contributed by atoms with Crippen LogP contribution < -0.4 is 5.73 Å². The molecule has 1 aromatic rings. The summed E-state index contributed by atoms with van der Waals surface area (Å²) in [6, 6.07) is -0.0582. The van der Waals surface area contributed by atoms with Crippen LogP contribution in [0.1, 0.15) is 114 Å². The van der Waals surface area contributed by atoms with Crippen molar-refractivity contribution in [2.75, 3.05) is 19.8 Å². The van der Waals surface area contributed by atoms with Crippen molar-refractivity contribution in [3.63, 3.8) is 0 Å². The molecule has 0 radical (unpaired) electrons. The predicted molar refractivity (Wildman–Crippen MR) is 178 cm³/mol. The first-order valence-electron chi connectivity index (χ1n) is 18.0. The molecule has 1 aromatic heterocycles. The molecule has 0 spiro atoms. The summed E-state index contributed by atoms with van der Waals surface area (Å²) in [6.45, 7) is 24.3. The lowest BCUT2D eigenvalue weighted by Crippen LogP contribution is -2.69. The van der Waals surface area contributed by atoms with E-state index in [1.54, 1.807) is 6.33 Å². The fourth-order valence-electron chi connectivity index (χ4n) is 11.9. The van der Waals surface area contributed by atoms with Crippen LogP contribution in [0.4, 0.5) is 0 Å². The zero-order chi connectivity index (χ0) is 33.7. The number of ether oxygens (including phenoxy) is 2. The first-order chi connectivity index (χ1) is 21.4. The number of hydrogen-bond donors (Lipinski definition) is 2. The van der Waals surface area contributed by atoms with Crippen molar-refractivity contribution in [1.29, 1.82) is 0 Å². The Bertz CT molecular complexity index is 1340. The summed E-state index contributed by atoms with van der Waals surface area (Å²) in [7, 11) is 0. The van der Waals surface area contributed by atoms with Gasteiger partial charge in [0.25, 0.3) is 0 Å². The van der Waals surface area contributed by atoms with Crippen LogP contribution >= 0.6 is 0 Å². The molecule has 3 N–H and O–H groups in total. The van der Waals surface area contributed by atoms with E-state index in [0.29, 0.717) is 43.5 Å². The molecule has 2 heterocycles. The predicted octanol–water partition coefficient (Wildman–Crippen LogP) is 6.56. The van der Waals surface area contributed by atoms with E-state index in [4.69, 9.17) is 15.2 Å². The Hall–Kier alpha value is -1.84. The summed E-state index contributed by atoms with van der Waals surface area (Å²) in [6.07, 6.45) is 9.87. The van der Waals surface area contributed by atoms with Crippen molar-refractivity contribution in [1.82, 2.24) is 20.2 Å². The van der Waals surface area contributed by atoms with Crippen LogP contribution in [0.25, 0.3) is 0 Å². The molecule has 1 aliphatic heterocycles. The Morgan fingerprint density at radius 1 is 1.13 bits per heavy atom. The minimum atomic E-state index is -0.620. The molecular formula is C37H61N5O4. The Morgan fingerprint density at radius 2 is 1.85 bits per heavy atom. The molecule has 2 bridgehead atoms. The summed E-state index contributed by atoms with van der Waals surface area (Å²) in [5.74, 6) is 0.696. The number of carboxylic acid groups (broad SMARTS) is 1. The fourth-order valence-corrected chi connectivity index (χ4v) is 11.9. The minimum absolute atomic E-state index is 0.0582. The molecule has 0 aromatic carbocycles. The Balaban J connectivity index is 1.43. The molecule has 0 amide bonds. The highest BCUT2D eigenvalue weighted by Gasteiger charge is 2.72. The first-order valence-corrected chi connectivity index (χ1v) is 18.0. The standard InChI is InChI=1S/C37H61N5O4/c1-22(2)24(5)32(6)15-16-34(8)25-11-12-28-33(7)18-45-20-37(28,26(25)13-14-35(34,9)29(32)31(43)44)17-27(42-21-39-40-41-42)30(33)46-19-36(10,38)23(3)4/h13,21-25,27-30H,11-12,14-20,38H2,1-10H3,(H,43,44)/t24-,25+,27-,28+,29-,30+,32-,33-,34-,35+,36?,37+/m1/s1. The lowest BCUT2D eigenvalue weighted by molar-refractivity contribution is -0.252. The fraction of sp³-hybridized carbons (Fsp3) is 0.892. The van der Waals surface area contributed by atoms with E-state index < -0.39 is 17.4 Å². The molecule has 258 valence electrons. The van der Waals surface area contributed by atoms with Gasteiger partial charge in [0.15, 0.2) is 0 Å². The van der Waals surface area contributed by atoms with Crippen LogP contribution in [0.3, 0.4) is 0 Å². The number of aromatic nitrogens is 4. The highest BCUT2D eigenvalue weighted by atomic mass is 16.5. The average Bonchev–Trinajstić information content (AvgIpc) is 3.51. The largest absolute Gasteiger partial charge is 0.481 e. The Labute approximate surface area is 276 Å². The summed E-state index contributed by atoms with van der Waals surface area (Å²) in [4.78, 5) is 13.4. The number of nitrogens with zero attached hydrogens (tertiary/aromatic N) is 4. The monoisotopic (exact) mass is 639 g/mol. The third kappa shape index (κ3) is 4.56. The van der Waals surface area contributed by atoms with Gasteiger partial charge in [-0.15, -0.1) is 5.10 Å². The molecule has 4 fully saturated rings. The van der Waals surface area contributed by atoms with Gasteiger partial charge in [0.05, 0.1) is 37.9 Å². The van der Waals surface area contributed by atoms with E-state index >= 15 is 0 Å². The summed E-state index contributed by atoms with van der Waals surface area (Å²) < 4.78 is 15.5. The Morgan fingerprint density at radius 3 is 2.46 bits per heavy atom. The van der Waals surface area contributed by atoms with Gasteiger partial charge in [0.1, 0.15) is 6.33 Å². The van der Waals surface area contributed by atoms with E-state index in [2.05, 4.69) is 90.8 Å². The van der Waals surface area contributed by atoms with E-state index in [1.807, 2.05) is 4.68 Å². The maximum atomic E-state index is 13.4. The van der Waals surface area contributed by atoms with Gasteiger partial charge < -0.3 is 20.3 Å². The van der Waals surface area contributed by atoms with Gasteiger partial charge in [-0.2, -0.15) is 0 Å². The number of nitrogens with two attached hydrogens (primary N) is 1. The van der Waals surface area contributed by atoms with Crippen molar-refractivity contribution < 1.29 is 19.4 Å². The smallest absolute Gasteiger partial charge is 0.307 e. The summed E-state index contributed by atoms with van der Waals surface area (Å²) >= 11 is 0. The summed E-state index contributed by atoms with van der Waals surface area (Å²) in [5.41, 5.74) is 6.65. The van der Waals surface area contributed by atoms with Gasteiger partial charge in [0.2, 0.25) is 0 Å². The van der Waals surface area contributed by atoms with Crippen molar-refractivity contribution in [2.45, 2.75) is 125 Å². The molecule has 6 rings (SSSR count). The first kappa shape index (κ1) is 34.0. The topological polar surface area (TPSA) is 125 Å². The molecule has 3 saturated carbocycles. The number of allylic oxidation sites excluding steroid dienone is 1. The van der Waals surface area contributed by atoms with E-state index in [0.717, 1.165) is 38.5 Å². The van der Waals surface area contributed by atoms with E-state index in [1.165, 1.54) is 5.57 Å². The van der Waals surface area contributed by atoms with Crippen molar-refractivity contribution in [2.24, 2.45) is 68.3 Å². The third-order valence-corrected chi connectivity index (χ3v) is 15.7. The van der Waals surface area contributed by atoms with Crippen LogP contribution in [0.2, 0.25) is 0 Å². The van der Waals surface area contributed by atoms with Crippen LogP contribution in [0, 0.1) is 62.6 Å². The number of rotatable bonds is 8. The zero-order valence-corrected chi connectivity index (χ0v) is 30.2. The van der Waals surface area contributed by atoms with Crippen molar-refractivity contribution in [3.8, 4) is 0 Å². The maximum Gasteiger partial charge on any atom is 0.307 e. The second kappa shape index (κ2) is 11.1. The molecule has 9 nitrogen and oxygen atoms in total. The number of tetrazole rings is 1. The molecule has 4 aliphatic carbocycles. The molecule has 9 heteroatoms. The van der Waals surface area contributed by atoms with Gasteiger partial charge in [-0.05, 0) is 102 Å². The normalized spacial score (nSPS) is 45.7. The molecular weight excluding hydrogens is 578 g/mol. The molecule has 5 aliphatic rings. The highest BCUT2D eigenvalue weighted by molar-refractivity contribution is 5.73. The zero-order valence-electron chi connectivity index (χ0n) is 30.2. The maximum absolute atomic E-state index is 13.4. The van der Waals surface area contributed by atoms with Gasteiger partial charge >= 0.3 is 5.97 Å². The average molecular weight is 640 g/mol. The molecule has 12 atom stereocenters. The van der Waals surface area contributed by atoms with Crippen LogP contribution in [0.15, 0.2) is 18.0 Å². The Kier molecular flexibility index (Phi) is 8.21. The summed E-state index contributed by atoms with van der Waals surface area (Å²) in [5, 5.41) is 23.6. The van der Waals surface area contributed by atoms with E-state index in [-0.39, 0.29) is 45.1 Å². The van der Waals surface area contributed by atoms with Gasteiger partial charge in [0, 0.05) is 16.4 Å². The highest BCUT2D eigenvalue weighted by Crippen LogP contribution is 2.75. The minimum Gasteiger partial charge on any atom is -0.481 e. The van der Waals surface area contributed by atoms with Gasteiger partial charge in [-0.1, -0.05) is 74.0 Å². The second-order valence-electron chi connectivity index (χ2n) is 18.3. The number of hydrogen-bond acceptors (Lipinski definition) is 7. The van der Waals surface area contributed by atoms with E-state index in [9.17, 15) is 9.90 Å². The lowest BCUT2D eigenvalue weighted by atomic mass is 9.34. The number of carboxylic acids is 1. The molecule has 46 heavy (non-hydrogen) atoms. The lowest BCUT2D eigenvalue weighted by Gasteiger charge is -2.71. The third-order valence-electron chi connectivity index (χ3n) is 15.7. The molecule has 1 unspecified atom stereocenters. The quantitative estimate of drug-likeness (QED) is 0.306. The van der Waals surface area contributed by atoms with Crippen molar-refractivity contribution in [3.05, 3.63) is 18.0 Å². The number of fused-ring (bicyclic) bond motifs is 3. The van der Waals surface area contributed by atoms with Crippen LogP contribution in [-0.2, 0) is 14.3 Å². The van der Waals surface area contributed by atoms with Gasteiger partial charge in [-0.3, -0.25) is 4.79 Å². The molecule has 1 saturated heterocycles.